The van der Waals surface area contributed by atoms with Crippen molar-refractivity contribution in [3.63, 3.8) is 0 Å². The molecule has 0 radical (unpaired) electrons. The van der Waals surface area contributed by atoms with Gasteiger partial charge in [0.15, 0.2) is 0 Å². The fraction of sp³-hybridized carbons (Fsp3) is 0.455. The number of hydrogen-bond donors (Lipinski definition) is 0. The minimum Gasteiger partial charge on any atom is -0.497 e. The van der Waals surface area contributed by atoms with Crippen molar-refractivity contribution < 1.29 is 19.0 Å². The maximum atomic E-state index is 13.4. The maximum Gasteiger partial charge on any atom is 0.254 e. The highest BCUT2D eigenvalue weighted by Crippen LogP contribution is 2.34. The van der Waals surface area contributed by atoms with E-state index < -0.39 is 0 Å². The number of carbonyl (C=O) groups is 1. The van der Waals surface area contributed by atoms with Gasteiger partial charge in [-0.15, -0.1) is 0 Å². The van der Waals surface area contributed by atoms with Crippen LogP contribution in [0.15, 0.2) is 36.5 Å². The van der Waals surface area contributed by atoms with Crippen molar-refractivity contribution in [2.75, 3.05) is 27.4 Å². The fourth-order valence-corrected chi connectivity index (χ4v) is 4.27. The molecular weight excluding hydrogens is 356 g/mol. The molecule has 28 heavy (non-hydrogen) atoms. The Hall–Kier alpha value is -2.60. The minimum atomic E-state index is 0.0265. The van der Waals surface area contributed by atoms with E-state index in [1.807, 2.05) is 11.0 Å². The average molecular weight is 382 g/mol. The fourth-order valence-electron chi connectivity index (χ4n) is 4.27. The Morgan fingerprint density at radius 1 is 1.11 bits per heavy atom. The van der Waals surface area contributed by atoms with Crippen LogP contribution in [0.2, 0.25) is 0 Å². The molecular formula is C22H26N2O4. The third-order valence-electron chi connectivity index (χ3n) is 5.85. The lowest BCUT2D eigenvalue weighted by Crippen LogP contribution is -2.49. The van der Waals surface area contributed by atoms with Gasteiger partial charge in [0, 0.05) is 43.6 Å². The van der Waals surface area contributed by atoms with Crippen molar-refractivity contribution in [1.29, 1.82) is 0 Å². The summed E-state index contributed by atoms with van der Waals surface area (Å²) in [6.45, 7) is 2.12. The molecule has 1 aromatic heterocycles. The van der Waals surface area contributed by atoms with E-state index in [-0.39, 0.29) is 11.9 Å². The Bertz CT molecular complexity index is 848. The van der Waals surface area contributed by atoms with Crippen LogP contribution in [0, 0.1) is 5.92 Å². The number of hydrogen-bond acceptors (Lipinski definition) is 5. The lowest BCUT2D eigenvalue weighted by molar-refractivity contribution is 0.0180. The molecule has 0 spiro atoms. The monoisotopic (exact) mass is 382 g/mol. The molecule has 6 heteroatoms. The number of benzene rings is 1. The van der Waals surface area contributed by atoms with E-state index >= 15 is 0 Å². The molecule has 6 nitrogen and oxygen atoms in total. The van der Waals surface area contributed by atoms with Gasteiger partial charge in [0.1, 0.15) is 5.75 Å². The number of amides is 1. The predicted molar refractivity (Wildman–Crippen MR) is 105 cm³/mol. The zero-order chi connectivity index (χ0) is 19.5. The van der Waals surface area contributed by atoms with Crippen LogP contribution in [0.1, 0.15) is 34.3 Å². The summed E-state index contributed by atoms with van der Waals surface area (Å²) in [6.07, 6.45) is 4.42. The Morgan fingerprint density at radius 2 is 1.93 bits per heavy atom. The van der Waals surface area contributed by atoms with Crippen LogP contribution in [0.25, 0.3) is 0 Å². The van der Waals surface area contributed by atoms with Crippen LogP contribution in [-0.4, -0.2) is 49.3 Å². The second-order valence-corrected chi connectivity index (χ2v) is 7.38. The zero-order valence-electron chi connectivity index (χ0n) is 16.4. The number of aromatic nitrogens is 1. The largest absolute Gasteiger partial charge is 0.497 e. The van der Waals surface area contributed by atoms with Crippen LogP contribution in [0.4, 0.5) is 0 Å². The molecule has 2 aliphatic rings. The van der Waals surface area contributed by atoms with E-state index in [0.717, 1.165) is 38.2 Å². The van der Waals surface area contributed by atoms with Gasteiger partial charge < -0.3 is 19.1 Å². The molecule has 148 valence electrons. The number of pyridine rings is 1. The van der Waals surface area contributed by atoms with E-state index in [0.29, 0.717) is 23.9 Å². The quantitative estimate of drug-likeness (QED) is 0.813. The summed E-state index contributed by atoms with van der Waals surface area (Å²) in [5.41, 5.74) is 3.06. The predicted octanol–water partition coefficient (Wildman–Crippen LogP) is 3.09. The molecule has 0 N–H and O–H groups in total. The van der Waals surface area contributed by atoms with Crippen LogP contribution < -0.4 is 9.47 Å². The van der Waals surface area contributed by atoms with Crippen molar-refractivity contribution in [3.8, 4) is 11.6 Å². The van der Waals surface area contributed by atoms with E-state index in [2.05, 4.69) is 17.1 Å². The summed E-state index contributed by atoms with van der Waals surface area (Å²) in [5, 5.41) is 0. The van der Waals surface area contributed by atoms with Gasteiger partial charge in [0.05, 0.1) is 14.2 Å². The SMILES string of the molecule is COc1ccc2c(c1)C[C@H](C1CCOCC1)N(C(=O)c1ccnc(OC)c1)C2. The van der Waals surface area contributed by atoms with E-state index in [1.165, 1.54) is 11.1 Å². The van der Waals surface area contributed by atoms with E-state index in [4.69, 9.17) is 14.2 Å². The average Bonchev–Trinajstić information content (AvgIpc) is 2.77. The molecule has 1 atom stereocenters. The number of nitrogens with zero attached hydrogens (tertiary/aromatic N) is 2. The summed E-state index contributed by atoms with van der Waals surface area (Å²) in [7, 11) is 3.25. The minimum absolute atomic E-state index is 0.0265. The lowest BCUT2D eigenvalue weighted by Gasteiger charge is -2.42. The topological polar surface area (TPSA) is 60.9 Å². The molecule has 1 saturated heterocycles. The van der Waals surface area contributed by atoms with Gasteiger partial charge >= 0.3 is 0 Å². The van der Waals surface area contributed by atoms with Crippen LogP contribution >= 0.6 is 0 Å². The lowest BCUT2D eigenvalue weighted by atomic mass is 9.82. The first-order chi connectivity index (χ1) is 13.7. The molecule has 0 bridgehead atoms. The molecule has 1 amide bonds. The highest BCUT2D eigenvalue weighted by Gasteiger charge is 2.36. The summed E-state index contributed by atoms with van der Waals surface area (Å²) in [6, 6.07) is 9.77. The first-order valence-electron chi connectivity index (χ1n) is 9.74. The Kier molecular flexibility index (Phi) is 5.48. The van der Waals surface area contributed by atoms with Crippen LogP contribution in [0.3, 0.4) is 0 Å². The third kappa shape index (κ3) is 3.69. The van der Waals surface area contributed by atoms with Gasteiger partial charge in [-0.1, -0.05) is 6.07 Å². The highest BCUT2D eigenvalue weighted by atomic mass is 16.5. The van der Waals surface area contributed by atoms with E-state index in [1.54, 1.807) is 32.5 Å². The Balaban J connectivity index is 1.67. The summed E-state index contributed by atoms with van der Waals surface area (Å²) in [4.78, 5) is 19.6. The second kappa shape index (κ2) is 8.19. The second-order valence-electron chi connectivity index (χ2n) is 7.38. The summed E-state index contributed by atoms with van der Waals surface area (Å²) < 4.78 is 16.2. The van der Waals surface area contributed by atoms with Crippen LogP contribution in [0.5, 0.6) is 11.6 Å². The number of fused-ring (bicyclic) bond motifs is 1. The molecule has 0 aliphatic carbocycles. The molecule has 2 aromatic rings. The summed E-state index contributed by atoms with van der Waals surface area (Å²) in [5.74, 6) is 1.78. The first-order valence-corrected chi connectivity index (χ1v) is 9.74. The standard InChI is InChI=1S/C22H26N2O4/c1-26-19-4-3-17-14-24(22(25)16-5-8-23-21(13-16)27-2)20(12-18(17)11-19)15-6-9-28-10-7-15/h3-5,8,11,13,15,20H,6-7,9-10,12,14H2,1-2H3/t20-/m1/s1. The normalized spacial score (nSPS) is 19.8. The Labute approximate surface area is 165 Å². The number of rotatable bonds is 4. The smallest absolute Gasteiger partial charge is 0.254 e. The van der Waals surface area contributed by atoms with Crippen molar-refractivity contribution in [2.24, 2.45) is 5.92 Å². The number of methoxy groups -OCH3 is 2. The Morgan fingerprint density at radius 3 is 2.68 bits per heavy atom. The van der Waals surface area contributed by atoms with Gasteiger partial charge in [-0.3, -0.25) is 4.79 Å². The van der Waals surface area contributed by atoms with Gasteiger partial charge in [0.25, 0.3) is 5.91 Å². The number of ether oxygens (including phenoxy) is 3. The van der Waals surface area contributed by atoms with Gasteiger partial charge in [0.2, 0.25) is 5.88 Å². The van der Waals surface area contributed by atoms with Crippen LogP contribution in [-0.2, 0) is 17.7 Å². The highest BCUT2D eigenvalue weighted by molar-refractivity contribution is 5.94. The number of carbonyl (C=O) groups excluding carboxylic acids is 1. The van der Waals surface area contributed by atoms with Crippen molar-refractivity contribution >= 4 is 5.91 Å². The van der Waals surface area contributed by atoms with Crippen molar-refractivity contribution in [2.45, 2.75) is 31.8 Å². The summed E-state index contributed by atoms with van der Waals surface area (Å²) >= 11 is 0. The molecule has 0 saturated carbocycles. The van der Waals surface area contributed by atoms with Gasteiger partial charge in [-0.2, -0.15) is 0 Å². The molecule has 4 rings (SSSR count). The third-order valence-corrected chi connectivity index (χ3v) is 5.85. The zero-order valence-corrected chi connectivity index (χ0v) is 16.4. The maximum absolute atomic E-state index is 13.4. The molecule has 1 fully saturated rings. The molecule has 1 aromatic carbocycles. The molecule has 0 unspecified atom stereocenters. The van der Waals surface area contributed by atoms with Crippen molar-refractivity contribution in [3.05, 3.63) is 53.2 Å². The first kappa shape index (κ1) is 18.7. The van der Waals surface area contributed by atoms with Gasteiger partial charge in [-0.05, 0) is 54.5 Å². The van der Waals surface area contributed by atoms with Crippen molar-refractivity contribution in [1.82, 2.24) is 9.88 Å². The molecule has 3 heterocycles. The molecule has 2 aliphatic heterocycles. The van der Waals surface area contributed by atoms with Gasteiger partial charge in [-0.25, -0.2) is 4.98 Å². The van der Waals surface area contributed by atoms with E-state index in [9.17, 15) is 4.79 Å².